The average Bonchev–Trinajstić information content (AvgIpc) is 2.83. The van der Waals surface area contributed by atoms with Gasteiger partial charge in [-0.15, -0.1) is 0 Å². The van der Waals surface area contributed by atoms with E-state index < -0.39 is 40.2 Å². The minimum atomic E-state index is -3.11. The van der Waals surface area contributed by atoms with Gasteiger partial charge >= 0.3 is 5.97 Å². The highest BCUT2D eigenvalue weighted by molar-refractivity contribution is 7.91. The molecule has 2 rings (SSSR count). The number of carbonyl (C=O) groups excluding carboxylic acids is 2. The van der Waals surface area contributed by atoms with Crippen molar-refractivity contribution in [3.8, 4) is 0 Å². The third-order valence-corrected chi connectivity index (χ3v) is 5.69. The molecule has 0 aromatic heterocycles. The van der Waals surface area contributed by atoms with Crippen LogP contribution >= 0.6 is 11.6 Å². The molecule has 1 aliphatic heterocycles. The van der Waals surface area contributed by atoms with Gasteiger partial charge in [0.15, 0.2) is 16.4 Å². The van der Waals surface area contributed by atoms with Gasteiger partial charge < -0.3 is 9.64 Å². The number of hydrogen-bond donors (Lipinski definition) is 0. The fourth-order valence-electron chi connectivity index (χ4n) is 2.25. The molecule has 6 nitrogen and oxygen atoms in total. The Labute approximate surface area is 138 Å². The van der Waals surface area contributed by atoms with Crippen molar-refractivity contribution >= 4 is 33.3 Å². The number of nitrogens with zero attached hydrogens (tertiary/aromatic N) is 1. The van der Waals surface area contributed by atoms with Crippen molar-refractivity contribution in [3.63, 3.8) is 0 Å². The van der Waals surface area contributed by atoms with E-state index in [-0.39, 0.29) is 22.1 Å². The number of benzene rings is 1. The molecular weight excluding hydrogens is 349 g/mol. The highest BCUT2D eigenvalue weighted by Gasteiger charge is 2.33. The summed E-state index contributed by atoms with van der Waals surface area (Å²) >= 11 is 5.73. The molecule has 0 saturated carbocycles. The Bertz CT molecular complexity index is 737. The van der Waals surface area contributed by atoms with Crippen LogP contribution in [0.3, 0.4) is 0 Å². The van der Waals surface area contributed by atoms with Gasteiger partial charge in [0.25, 0.3) is 5.91 Å². The zero-order valence-electron chi connectivity index (χ0n) is 12.3. The lowest BCUT2D eigenvalue weighted by Crippen LogP contribution is -2.40. The maximum absolute atomic E-state index is 12.9. The largest absolute Gasteiger partial charge is 0.452 e. The van der Waals surface area contributed by atoms with Crippen LogP contribution in [0.2, 0.25) is 5.02 Å². The third kappa shape index (κ3) is 4.42. The van der Waals surface area contributed by atoms with E-state index in [9.17, 15) is 22.4 Å². The predicted molar refractivity (Wildman–Crippen MR) is 81.5 cm³/mol. The molecule has 1 aromatic carbocycles. The molecule has 0 aliphatic carbocycles. The molecule has 0 N–H and O–H groups in total. The lowest BCUT2D eigenvalue weighted by Gasteiger charge is -2.23. The number of hydrogen-bond acceptors (Lipinski definition) is 5. The van der Waals surface area contributed by atoms with Gasteiger partial charge in [-0.25, -0.2) is 17.6 Å². The monoisotopic (exact) mass is 363 g/mol. The number of esters is 1. The summed E-state index contributed by atoms with van der Waals surface area (Å²) in [6, 6.07) is 2.77. The normalized spacial score (nSPS) is 19.3. The second kappa shape index (κ2) is 6.84. The molecule has 9 heteroatoms. The predicted octanol–water partition coefficient (Wildman–Crippen LogP) is 1.28. The van der Waals surface area contributed by atoms with Gasteiger partial charge in [0.1, 0.15) is 5.82 Å². The van der Waals surface area contributed by atoms with Crippen molar-refractivity contribution in [2.75, 3.05) is 25.2 Å². The van der Waals surface area contributed by atoms with E-state index in [4.69, 9.17) is 16.3 Å². The zero-order valence-corrected chi connectivity index (χ0v) is 13.9. The molecule has 1 aromatic rings. The maximum Gasteiger partial charge on any atom is 0.340 e. The summed E-state index contributed by atoms with van der Waals surface area (Å²) in [6.07, 6.45) is 0.363. The van der Waals surface area contributed by atoms with Crippen LogP contribution < -0.4 is 0 Å². The summed E-state index contributed by atoms with van der Waals surface area (Å²) in [6.45, 7) is -0.542. The van der Waals surface area contributed by atoms with Crippen LogP contribution in [0.1, 0.15) is 16.8 Å². The molecule has 0 spiro atoms. The second-order valence-corrected chi connectivity index (χ2v) is 7.90. The zero-order chi connectivity index (χ0) is 17.2. The molecule has 1 fully saturated rings. The molecule has 23 heavy (non-hydrogen) atoms. The quantitative estimate of drug-likeness (QED) is 0.753. The molecule has 126 valence electrons. The van der Waals surface area contributed by atoms with Crippen molar-refractivity contribution in [1.82, 2.24) is 4.90 Å². The summed E-state index contributed by atoms with van der Waals surface area (Å²) in [5, 5.41) is -0.113. The smallest absolute Gasteiger partial charge is 0.340 e. The van der Waals surface area contributed by atoms with E-state index in [2.05, 4.69) is 0 Å². The van der Waals surface area contributed by atoms with Crippen LogP contribution in [0, 0.1) is 5.82 Å². The van der Waals surface area contributed by atoms with Gasteiger partial charge in [0.2, 0.25) is 0 Å². The fourth-order valence-corrected chi connectivity index (χ4v) is 4.27. The van der Waals surface area contributed by atoms with E-state index in [1.807, 2.05) is 0 Å². The number of amides is 1. The maximum atomic E-state index is 12.9. The van der Waals surface area contributed by atoms with E-state index in [0.717, 1.165) is 18.2 Å². The fraction of sp³-hybridized carbons (Fsp3) is 0.429. The second-order valence-electron chi connectivity index (χ2n) is 5.26. The minimum Gasteiger partial charge on any atom is -0.452 e. The van der Waals surface area contributed by atoms with Gasteiger partial charge in [0.05, 0.1) is 22.1 Å². The lowest BCUT2D eigenvalue weighted by atomic mass is 10.2. The third-order valence-electron chi connectivity index (χ3n) is 3.63. The highest BCUT2D eigenvalue weighted by atomic mass is 35.5. The van der Waals surface area contributed by atoms with E-state index in [1.54, 1.807) is 0 Å². The highest BCUT2D eigenvalue weighted by Crippen LogP contribution is 2.19. The van der Waals surface area contributed by atoms with E-state index in [1.165, 1.54) is 11.9 Å². The van der Waals surface area contributed by atoms with Crippen molar-refractivity contribution in [3.05, 3.63) is 34.6 Å². The summed E-state index contributed by atoms with van der Waals surface area (Å²) in [5.74, 6) is -2.01. The summed E-state index contributed by atoms with van der Waals surface area (Å²) < 4.78 is 40.6. The molecule has 1 aliphatic rings. The average molecular weight is 364 g/mol. The molecule has 1 heterocycles. The summed E-state index contributed by atoms with van der Waals surface area (Å²) in [7, 11) is -1.65. The number of likely N-dealkylation sites (N-methyl/N-ethyl adjacent to an activating group) is 1. The first-order valence-electron chi connectivity index (χ1n) is 6.78. The minimum absolute atomic E-state index is 0.0419. The first-order valence-corrected chi connectivity index (χ1v) is 8.98. The van der Waals surface area contributed by atoms with E-state index in [0.29, 0.717) is 6.42 Å². The van der Waals surface area contributed by atoms with Crippen molar-refractivity contribution in [2.24, 2.45) is 0 Å². The van der Waals surface area contributed by atoms with Gasteiger partial charge in [-0.05, 0) is 24.6 Å². The van der Waals surface area contributed by atoms with Crippen molar-refractivity contribution in [1.29, 1.82) is 0 Å². The Morgan fingerprint density at radius 1 is 1.43 bits per heavy atom. The molecule has 0 unspecified atom stereocenters. The lowest BCUT2D eigenvalue weighted by molar-refractivity contribution is -0.134. The number of sulfone groups is 1. The Kier molecular flexibility index (Phi) is 5.26. The Balaban J connectivity index is 1.92. The van der Waals surface area contributed by atoms with Crippen LogP contribution in [-0.4, -0.2) is 56.4 Å². The topological polar surface area (TPSA) is 80.8 Å². The van der Waals surface area contributed by atoms with E-state index >= 15 is 0 Å². The molecule has 0 radical (unpaired) electrons. The van der Waals surface area contributed by atoms with Gasteiger partial charge in [-0.1, -0.05) is 11.6 Å². The standard InChI is InChI=1S/C14H15ClFNO5S/c1-17(10-4-5-23(20,21)8-10)13(18)7-22-14(19)11-3-2-9(16)6-12(11)15/h2-3,6,10H,4-5,7-8H2,1H3/t10-/m0/s1. The summed E-state index contributed by atoms with van der Waals surface area (Å²) in [5.41, 5.74) is -0.0491. The van der Waals surface area contributed by atoms with Crippen molar-refractivity contribution in [2.45, 2.75) is 12.5 Å². The van der Waals surface area contributed by atoms with Crippen LogP contribution in [0.5, 0.6) is 0 Å². The van der Waals surface area contributed by atoms with Crippen molar-refractivity contribution < 1.29 is 27.1 Å². The molecule has 1 atom stereocenters. The number of halogens is 2. The Hall–Kier alpha value is -1.67. The van der Waals surface area contributed by atoms with Gasteiger partial charge in [-0.2, -0.15) is 0 Å². The van der Waals surface area contributed by atoms with Gasteiger partial charge in [-0.3, -0.25) is 4.79 Å². The number of carbonyl (C=O) groups is 2. The molecular formula is C14H15ClFNO5S. The molecule has 1 saturated heterocycles. The first kappa shape index (κ1) is 17.7. The molecule has 0 bridgehead atoms. The SMILES string of the molecule is CN(C(=O)COC(=O)c1ccc(F)cc1Cl)[C@H]1CCS(=O)(=O)C1. The first-order chi connectivity index (χ1) is 10.7. The van der Waals surface area contributed by atoms with Crippen LogP contribution in [-0.2, 0) is 19.4 Å². The number of ether oxygens (including phenoxy) is 1. The Morgan fingerprint density at radius 3 is 2.70 bits per heavy atom. The molecule has 1 amide bonds. The van der Waals surface area contributed by atoms with Crippen LogP contribution in [0.15, 0.2) is 18.2 Å². The Morgan fingerprint density at radius 2 is 2.13 bits per heavy atom. The summed E-state index contributed by atoms with van der Waals surface area (Å²) in [4.78, 5) is 25.1. The van der Waals surface area contributed by atoms with Crippen LogP contribution in [0.25, 0.3) is 0 Å². The van der Waals surface area contributed by atoms with Gasteiger partial charge in [0, 0.05) is 13.1 Å². The number of rotatable bonds is 4. The van der Waals surface area contributed by atoms with Crippen LogP contribution in [0.4, 0.5) is 4.39 Å².